The van der Waals surface area contributed by atoms with Crippen molar-refractivity contribution < 1.29 is 19.1 Å². The zero-order chi connectivity index (χ0) is 15.8. The van der Waals surface area contributed by atoms with Gasteiger partial charge in [0, 0.05) is 0 Å². The fraction of sp³-hybridized carbons (Fsp3) is 0.529. The fourth-order valence-electron chi connectivity index (χ4n) is 1.76. The lowest BCUT2D eigenvalue weighted by Crippen LogP contribution is -2.12. The second-order valence-electron chi connectivity index (χ2n) is 5.70. The van der Waals surface area contributed by atoms with Crippen LogP contribution in [0.15, 0.2) is 24.3 Å². The third-order valence-corrected chi connectivity index (χ3v) is 2.86. The number of benzene rings is 1. The summed E-state index contributed by atoms with van der Waals surface area (Å²) < 4.78 is 10.3. The van der Waals surface area contributed by atoms with Crippen LogP contribution >= 0.6 is 0 Å². The molecule has 0 amide bonds. The topological polar surface area (TPSA) is 52.6 Å². The molecule has 0 saturated heterocycles. The van der Waals surface area contributed by atoms with Gasteiger partial charge in [-0.3, -0.25) is 0 Å². The highest BCUT2D eigenvalue weighted by Gasteiger charge is 2.11. The van der Waals surface area contributed by atoms with Crippen LogP contribution in [0.25, 0.3) is 0 Å². The van der Waals surface area contributed by atoms with Crippen molar-refractivity contribution in [1.29, 1.82) is 0 Å². The molecule has 4 nitrogen and oxygen atoms in total. The van der Waals surface area contributed by atoms with E-state index in [1.165, 1.54) is 0 Å². The van der Waals surface area contributed by atoms with E-state index in [0.717, 1.165) is 12.8 Å². The maximum atomic E-state index is 11.8. The summed E-state index contributed by atoms with van der Waals surface area (Å²) in [5, 5.41) is 0. The van der Waals surface area contributed by atoms with Gasteiger partial charge in [-0.05, 0) is 56.9 Å². The molecule has 21 heavy (non-hydrogen) atoms. The van der Waals surface area contributed by atoms with Crippen LogP contribution in [0.1, 0.15) is 61.3 Å². The second-order valence-corrected chi connectivity index (χ2v) is 5.70. The summed E-state index contributed by atoms with van der Waals surface area (Å²) in [6.07, 6.45) is 1.73. The number of hydrogen-bond acceptors (Lipinski definition) is 4. The first-order valence-electron chi connectivity index (χ1n) is 7.38. The molecule has 0 aliphatic rings. The molecular weight excluding hydrogens is 268 g/mol. The van der Waals surface area contributed by atoms with Gasteiger partial charge in [0.1, 0.15) is 0 Å². The normalized spacial score (nSPS) is 10.8. The number of hydrogen-bond donors (Lipinski definition) is 0. The Labute approximate surface area is 126 Å². The van der Waals surface area contributed by atoms with Gasteiger partial charge in [0.2, 0.25) is 0 Å². The van der Waals surface area contributed by atoms with E-state index in [0.29, 0.717) is 23.7 Å². The zero-order valence-corrected chi connectivity index (χ0v) is 13.2. The molecular formula is C17H24O4. The molecule has 0 heterocycles. The number of carbonyl (C=O) groups is 2. The number of rotatable bonds is 7. The quantitative estimate of drug-likeness (QED) is 0.566. The Hall–Kier alpha value is -1.84. The van der Waals surface area contributed by atoms with Crippen molar-refractivity contribution in [1.82, 2.24) is 0 Å². The summed E-state index contributed by atoms with van der Waals surface area (Å²) in [6, 6.07) is 6.33. The van der Waals surface area contributed by atoms with Crippen molar-refractivity contribution >= 4 is 11.9 Å². The van der Waals surface area contributed by atoms with E-state index < -0.39 is 0 Å². The molecule has 0 fully saturated rings. The van der Waals surface area contributed by atoms with Crippen LogP contribution in [0.2, 0.25) is 0 Å². The van der Waals surface area contributed by atoms with Crippen molar-refractivity contribution in [2.45, 2.75) is 46.6 Å². The second kappa shape index (κ2) is 8.45. The molecule has 0 bridgehead atoms. The minimum atomic E-state index is -0.387. The number of esters is 2. The lowest BCUT2D eigenvalue weighted by atomic mass is 10.1. The highest BCUT2D eigenvalue weighted by Crippen LogP contribution is 2.10. The summed E-state index contributed by atoms with van der Waals surface area (Å²) in [4.78, 5) is 23.5. The minimum Gasteiger partial charge on any atom is -0.462 e. The van der Waals surface area contributed by atoms with Crippen molar-refractivity contribution in [2.24, 2.45) is 5.92 Å². The van der Waals surface area contributed by atoms with E-state index >= 15 is 0 Å². The summed E-state index contributed by atoms with van der Waals surface area (Å²) in [6.45, 7) is 8.28. The van der Waals surface area contributed by atoms with Crippen LogP contribution in [0.5, 0.6) is 0 Å². The molecule has 0 spiro atoms. The first kappa shape index (κ1) is 17.2. The van der Waals surface area contributed by atoms with Crippen LogP contribution in [-0.2, 0) is 9.47 Å². The van der Waals surface area contributed by atoms with Gasteiger partial charge >= 0.3 is 11.9 Å². The predicted octanol–water partition coefficient (Wildman–Crippen LogP) is 3.84. The summed E-state index contributed by atoms with van der Waals surface area (Å²) in [5.41, 5.74) is 0.876. The number of carbonyl (C=O) groups excluding carboxylic acids is 2. The minimum absolute atomic E-state index is 0.164. The van der Waals surface area contributed by atoms with E-state index in [1.807, 2.05) is 0 Å². The maximum absolute atomic E-state index is 11.8. The Morgan fingerprint density at radius 1 is 0.952 bits per heavy atom. The Kier molecular flexibility index (Phi) is 6.92. The smallest absolute Gasteiger partial charge is 0.338 e. The van der Waals surface area contributed by atoms with E-state index in [2.05, 4.69) is 13.8 Å². The van der Waals surface area contributed by atoms with Crippen LogP contribution in [0.4, 0.5) is 0 Å². The molecule has 0 N–H and O–H groups in total. The molecule has 0 atom stereocenters. The van der Waals surface area contributed by atoms with E-state index in [4.69, 9.17) is 9.47 Å². The van der Waals surface area contributed by atoms with E-state index in [-0.39, 0.29) is 18.0 Å². The third-order valence-electron chi connectivity index (χ3n) is 2.86. The van der Waals surface area contributed by atoms with Crippen molar-refractivity contribution in [2.75, 3.05) is 6.61 Å². The lowest BCUT2D eigenvalue weighted by molar-refractivity contribution is 0.0376. The molecule has 0 radical (unpaired) electrons. The Bertz CT molecular complexity index is 460. The van der Waals surface area contributed by atoms with E-state index in [9.17, 15) is 9.59 Å². The molecule has 116 valence electrons. The summed E-state index contributed by atoms with van der Waals surface area (Å²) in [5.74, 6) is -0.140. The van der Waals surface area contributed by atoms with Crippen LogP contribution in [0.3, 0.4) is 0 Å². The first-order chi connectivity index (χ1) is 9.90. The highest BCUT2D eigenvalue weighted by atomic mass is 16.5. The fourth-order valence-corrected chi connectivity index (χ4v) is 1.76. The van der Waals surface area contributed by atoms with Crippen molar-refractivity contribution in [3.05, 3.63) is 35.4 Å². The zero-order valence-electron chi connectivity index (χ0n) is 13.2. The van der Waals surface area contributed by atoms with Gasteiger partial charge in [-0.25, -0.2) is 9.59 Å². The van der Waals surface area contributed by atoms with Gasteiger partial charge in [-0.1, -0.05) is 13.8 Å². The molecule has 0 aliphatic carbocycles. The van der Waals surface area contributed by atoms with Crippen molar-refractivity contribution in [3.63, 3.8) is 0 Å². The molecule has 0 aliphatic heterocycles. The largest absolute Gasteiger partial charge is 0.462 e. The Balaban J connectivity index is 2.49. The van der Waals surface area contributed by atoms with Gasteiger partial charge in [0.05, 0.1) is 23.8 Å². The van der Waals surface area contributed by atoms with Gasteiger partial charge in [-0.2, -0.15) is 0 Å². The monoisotopic (exact) mass is 292 g/mol. The first-order valence-corrected chi connectivity index (χ1v) is 7.38. The summed E-state index contributed by atoms with van der Waals surface area (Å²) >= 11 is 0. The SMILES string of the molecule is CC(C)CCCOC(=O)c1ccc(C(=O)OC(C)C)cc1. The third kappa shape index (κ3) is 6.43. The lowest BCUT2D eigenvalue weighted by Gasteiger charge is -2.09. The molecule has 0 unspecified atom stereocenters. The molecule has 1 aromatic carbocycles. The van der Waals surface area contributed by atoms with E-state index in [1.54, 1.807) is 38.1 Å². The van der Waals surface area contributed by atoms with Gasteiger partial charge in [0.15, 0.2) is 0 Å². The molecule has 0 saturated carbocycles. The van der Waals surface area contributed by atoms with Crippen molar-refractivity contribution in [3.8, 4) is 0 Å². The average molecular weight is 292 g/mol. The summed E-state index contributed by atoms with van der Waals surface area (Å²) in [7, 11) is 0. The Morgan fingerprint density at radius 3 is 1.95 bits per heavy atom. The predicted molar refractivity (Wildman–Crippen MR) is 81.3 cm³/mol. The molecule has 0 aromatic heterocycles. The van der Waals surface area contributed by atoms with Crippen LogP contribution in [0, 0.1) is 5.92 Å². The molecule has 4 heteroatoms. The molecule has 1 rings (SSSR count). The van der Waals surface area contributed by atoms with Gasteiger partial charge in [0.25, 0.3) is 0 Å². The standard InChI is InChI=1S/C17H24O4/c1-12(2)6-5-11-20-16(18)14-7-9-15(10-8-14)17(19)21-13(3)4/h7-10,12-13H,5-6,11H2,1-4H3. The molecule has 1 aromatic rings. The Morgan fingerprint density at radius 2 is 1.48 bits per heavy atom. The van der Waals surface area contributed by atoms with Gasteiger partial charge in [-0.15, -0.1) is 0 Å². The highest BCUT2D eigenvalue weighted by molar-refractivity contribution is 5.93. The van der Waals surface area contributed by atoms with Crippen LogP contribution < -0.4 is 0 Å². The average Bonchev–Trinajstić information content (AvgIpc) is 2.42. The maximum Gasteiger partial charge on any atom is 0.338 e. The number of ether oxygens (including phenoxy) is 2. The van der Waals surface area contributed by atoms with Crippen LogP contribution in [-0.4, -0.2) is 24.6 Å². The van der Waals surface area contributed by atoms with Gasteiger partial charge < -0.3 is 9.47 Å².